The molecule has 5 heteroatoms. The lowest BCUT2D eigenvalue weighted by Crippen LogP contribution is -2.69. The summed E-state index contributed by atoms with van der Waals surface area (Å²) in [5.41, 5.74) is 11.0. The van der Waals surface area contributed by atoms with Gasteiger partial charge in [0.05, 0.1) is 16.9 Å². The number of hydrogen-bond acceptors (Lipinski definition) is 3. The average molecular weight is 721 g/mol. The molecule has 1 aromatic heterocycles. The summed E-state index contributed by atoms with van der Waals surface area (Å²) >= 11 is 3.78. The van der Waals surface area contributed by atoms with Crippen LogP contribution in [-0.2, 0) is 6.54 Å². The van der Waals surface area contributed by atoms with E-state index in [1.807, 2.05) is 23.1 Å². The molecule has 0 amide bonds. The van der Waals surface area contributed by atoms with Gasteiger partial charge in [-0.15, -0.1) is 0 Å². The first-order valence-electron chi connectivity index (χ1n) is 19.1. The van der Waals surface area contributed by atoms with Gasteiger partial charge in [0.15, 0.2) is 0 Å². The number of fused-ring (bicyclic) bond motifs is 2. The van der Waals surface area contributed by atoms with Gasteiger partial charge in [0, 0.05) is 23.6 Å². The van der Waals surface area contributed by atoms with Gasteiger partial charge >= 0.3 is 0 Å². The molecule has 52 heavy (non-hydrogen) atoms. The monoisotopic (exact) mass is 720 g/mol. The average Bonchev–Trinajstić information content (AvgIpc) is 3.71. The Balaban J connectivity index is 0.000000183. The maximum Gasteiger partial charge on any atom is 0.263 e. The minimum absolute atomic E-state index is 0.558. The predicted octanol–water partition coefficient (Wildman–Crippen LogP) is 11.0. The summed E-state index contributed by atoms with van der Waals surface area (Å²) in [7, 11) is 0. The van der Waals surface area contributed by atoms with Crippen LogP contribution in [0.1, 0.15) is 63.6 Å². The molecular formula is C47H53BN2S2. The third kappa shape index (κ3) is 7.58. The molecule has 5 aromatic carbocycles. The Labute approximate surface area is 320 Å². The lowest BCUT2D eigenvalue weighted by atomic mass is 9.10. The smallest absolute Gasteiger partial charge is 0.263 e. The SMILES string of the molecule is CCC(/C=C1\Sc2ccc(C)cc2N1CC)=C\c1sc2ccc(C)cc2[n+]1CC.CCC(C)[B-](c1ccccc1)(c1ccccc1)c1ccccc1. The highest BCUT2D eigenvalue weighted by Crippen LogP contribution is 2.46. The summed E-state index contributed by atoms with van der Waals surface area (Å²) in [6, 6.07) is 46.7. The Morgan fingerprint density at radius 1 is 0.731 bits per heavy atom. The largest absolute Gasteiger partial charge is 0.335 e. The van der Waals surface area contributed by atoms with Crippen molar-refractivity contribution < 1.29 is 4.57 Å². The molecule has 0 bridgehead atoms. The fraction of sp³-hybridized carbons (Fsp3) is 0.255. The van der Waals surface area contributed by atoms with E-state index in [1.54, 1.807) is 0 Å². The molecule has 2 nitrogen and oxygen atoms in total. The predicted molar refractivity (Wildman–Crippen MR) is 233 cm³/mol. The molecule has 6 aromatic rings. The molecule has 1 atom stereocenters. The maximum absolute atomic E-state index is 2.44. The van der Waals surface area contributed by atoms with Crippen molar-refractivity contribution in [3.8, 4) is 0 Å². The van der Waals surface area contributed by atoms with Crippen LogP contribution < -0.4 is 25.9 Å². The molecule has 0 spiro atoms. The van der Waals surface area contributed by atoms with Gasteiger partial charge in [-0.3, -0.25) is 0 Å². The van der Waals surface area contributed by atoms with Crippen molar-refractivity contribution in [3.63, 3.8) is 0 Å². The zero-order valence-electron chi connectivity index (χ0n) is 32.0. The van der Waals surface area contributed by atoms with E-state index in [0.717, 1.165) is 25.9 Å². The summed E-state index contributed by atoms with van der Waals surface area (Å²) in [4.78, 5) is 3.80. The van der Waals surface area contributed by atoms with Crippen molar-refractivity contribution in [2.75, 3.05) is 11.4 Å². The van der Waals surface area contributed by atoms with E-state index >= 15 is 0 Å². The van der Waals surface area contributed by atoms with Crippen LogP contribution in [0.15, 0.2) is 149 Å². The number of allylic oxidation sites excluding steroid dienone is 2. The van der Waals surface area contributed by atoms with E-state index in [1.165, 1.54) is 63.9 Å². The lowest BCUT2D eigenvalue weighted by molar-refractivity contribution is -0.665. The number of aryl methyl sites for hydroxylation is 3. The number of rotatable bonds is 10. The van der Waals surface area contributed by atoms with Crippen LogP contribution in [0.4, 0.5) is 5.69 Å². The summed E-state index contributed by atoms with van der Waals surface area (Å²) in [6.45, 7) is 17.7. The van der Waals surface area contributed by atoms with Crippen LogP contribution in [0.2, 0.25) is 5.82 Å². The van der Waals surface area contributed by atoms with E-state index in [9.17, 15) is 0 Å². The number of anilines is 1. The van der Waals surface area contributed by atoms with E-state index in [-0.39, 0.29) is 0 Å². The maximum atomic E-state index is 2.44. The molecule has 1 unspecified atom stereocenters. The second-order valence-corrected chi connectivity index (χ2v) is 16.2. The quantitative estimate of drug-likeness (QED) is 0.103. The van der Waals surface area contributed by atoms with E-state index < -0.39 is 6.15 Å². The molecule has 266 valence electrons. The molecule has 1 aliphatic rings. The third-order valence-electron chi connectivity index (χ3n) is 10.9. The van der Waals surface area contributed by atoms with Crippen molar-refractivity contribution in [2.45, 2.75) is 78.6 Å². The van der Waals surface area contributed by atoms with E-state index in [2.05, 4.69) is 197 Å². The van der Waals surface area contributed by atoms with E-state index in [4.69, 9.17) is 0 Å². The molecular weight excluding hydrogens is 667 g/mol. The second-order valence-electron chi connectivity index (χ2n) is 14.1. The number of hydrogen-bond donors (Lipinski definition) is 0. The number of aromatic nitrogens is 1. The van der Waals surface area contributed by atoms with Gasteiger partial charge in [0.25, 0.3) is 5.01 Å². The summed E-state index contributed by atoms with van der Waals surface area (Å²) in [6.07, 6.45) is 5.98. The number of thioether (sulfide) groups is 1. The van der Waals surface area contributed by atoms with Gasteiger partial charge in [-0.25, -0.2) is 0 Å². The summed E-state index contributed by atoms with van der Waals surface area (Å²) in [5, 5.41) is 2.67. The highest BCUT2D eigenvalue weighted by atomic mass is 32.2. The van der Waals surface area contributed by atoms with Crippen molar-refractivity contribution >= 4 is 67.6 Å². The van der Waals surface area contributed by atoms with Gasteiger partial charge in [0.1, 0.15) is 11.2 Å². The highest BCUT2D eigenvalue weighted by Gasteiger charge is 2.34. The van der Waals surface area contributed by atoms with Crippen molar-refractivity contribution in [1.29, 1.82) is 0 Å². The molecule has 0 fully saturated rings. The molecule has 0 aliphatic carbocycles. The Morgan fingerprint density at radius 3 is 1.81 bits per heavy atom. The molecule has 2 heterocycles. The van der Waals surface area contributed by atoms with Crippen LogP contribution in [0, 0.1) is 13.8 Å². The Hall–Kier alpha value is -4.32. The Kier molecular flexibility index (Phi) is 12.2. The van der Waals surface area contributed by atoms with Crippen LogP contribution in [0.25, 0.3) is 16.3 Å². The van der Waals surface area contributed by atoms with Crippen LogP contribution in [0.5, 0.6) is 0 Å². The van der Waals surface area contributed by atoms with Gasteiger partial charge in [-0.1, -0.05) is 153 Å². The molecule has 0 saturated carbocycles. The molecule has 7 rings (SSSR count). The fourth-order valence-corrected chi connectivity index (χ4v) is 10.4. The molecule has 0 saturated heterocycles. The first kappa shape index (κ1) is 37.4. The standard InChI is InChI=1S/C25H29N2S2.C22H24B/c1-6-19(15-24-26(7-2)20-13-17(4)9-11-22(20)28-24)16-25-27(8-3)21-14-18(5)10-12-23(21)29-25;1-3-19(2)23(20-13-7-4-8-14-20,21-15-9-5-10-16-21)22-17-11-6-12-18-22/h9-16H,6-8H2,1-5H3;4-19H,3H2,1-2H3/q+1;-1. The van der Waals surface area contributed by atoms with E-state index in [0.29, 0.717) is 5.82 Å². The van der Waals surface area contributed by atoms with Gasteiger partial charge in [-0.2, -0.15) is 26.8 Å². The number of nitrogens with zero attached hydrogens (tertiary/aromatic N) is 2. The van der Waals surface area contributed by atoms with Crippen molar-refractivity contribution in [3.05, 3.63) is 160 Å². The van der Waals surface area contributed by atoms with Crippen molar-refractivity contribution in [1.82, 2.24) is 0 Å². The lowest BCUT2D eigenvalue weighted by Gasteiger charge is -2.48. The van der Waals surface area contributed by atoms with Gasteiger partial charge in [0.2, 0.25) is 5.52 Å². The minimum Gasteiger partial charge on any atom is -0.335 e. The minimum atomic E-state index is -0.974. The molecule has 1 aliphatic heterocycles. The van der Waals surface area contributed by atoms with Crippen LogP contribution in [0.3, 0.4) is 0 Å². The molecule has 0 N–H and O–H groups in total. The first-order valence-corrected chi connectivity index (χ1v) is 20.7. The number of benzene rings is 5. The topological polar surface area (TPSA) is 7.12 Å². The second kappa shape index (κ2) is 17.0. The highest BCUT2D eigenvalue weighted by molar-refractivity contribution is 8.03. The normalized spacial score (nSPS) is 14.3. The van der Waals surface area contributed by atoms with Crippen LogP contribution in [-0.4, -0.2) is 12.7 Å². The first-order chi connectivity index (χ1) is 25.3. The summed E-state index contributed by atoms with van der Waals surface area (Å²) < 4.78 is 3.80. The Bertz CT molecular complexity index is 2060. The zero-order chi connectivity index (χ0) is 36.7. The van der Waals surface area contributed by atoms with Gasteiger partial charge < -0.3 is 4.90 Å². The Morgan fingerprint density at radius 2 is 1.29 bits per heavy atom. The fourth-order valence-electron chi connectivity index (χ4n) is 8.04. The van der Waals surface area contributed by atoms with Crippen molar-refractivity contribution in [2.24, 2.45) is 0 Å². The molecule has 0 radical (unpaired) electrons. The van der Waals surface area contributed by atoms with Crippen LogP contribution >= 0.6 is 23.1 Å². The van der Waals surface area contributed by atoms with Gasteiger partial charge in [-0.05, 0) is 75.1 Å². The number of thiazole rings is 1. The summed E-state index contributed by atoms with van der Waals surface area (Å²) in [5.74, 6) is 0.558. The third-order valence-corrected chi connectivity index (χ3v) is 13.1. The zero-order valence-corrected chi connectivity index (χ0v) is 33.6.